The average molecular weight is 364 g/mol. The third-order valence-corrected chi connectivity index (χ3v) is 6.64. The fraction of sp³-hybridized carbons (Fsp3) is 0.565. The highest BCUT2D eigenvalue weighted by atomic mass is 16.5. The molecule has 1 aliphatic carbocycles. The summed E-state index contributed by atoms with van der Waals surface area (Å²) in [6, 6.07) is 8.79. The van der Waals surface area contributed by atoms with Crippen LogP contribution < -0.4 is 4.90 Å². The number of ether oxygens (including phenoxy) is 1. The lowest BCUT2D eigenvalue weighted by atomic mass is 9.86. The molecule has 1 fully saturated rings. The van der Waals surface area contributed by atoms with Gasteiger partial charge in [0.1, 0.15) is 11.6 Å². The van der Waals surface area contributed by atoms with Gasteiger partial charge >= 0.3 is 0 Å². The molecule has 5 rings (SSSR count). The summed E-state index contributed by atoms with van der Waals surface area (Å²) >= 11 is 0. The molecule has 0 N–H and O–H groups in total. The molecule has 1 spiro atoms. The van der Waals surface area contributed by atoms with Crippen LogP contribution in [0.5, 0.6) is 0 Å². The summed E-state index contributed by atoms with van der Waals surface area (Å²) in [7, 11) is 0. The minimum atomic E-state index is -0.185. The SMILES string of the molecule is CCc1nc2c(c(N3CCCC(C)C3)n1)CO[C@]1(CCc3ccccc31)C2. The molecule has 1 unspecified atom stereocenters. The maximum absolute atomic E-state index is 6.60. The quantitative estimate of drug-likeness (QED) is 0.802. The van der Waals surface area contributed by atoms with Crippen LogP contribution in [0.15, 0.2) is 24.3 Å². The van der Waals surface area contributed by atoms with Gasteiger partial charge in [-0.25, -0.2) is 9.97 Å². The van der Waals surface area contributed by atoms with E-state index >= 15 is 0 Å². The van der Waals surface area contributed by atoms with Crippen LogP contribution in [0, 0.1) is 5.92 Å². The summed E-state index contributed by atoms with van der Waals surface area (Å²) < 4.78 is 6.60. The highest BCUT2D eigenvalue weighted by Gasteiger charge is 2.44. The zero-order chi connectivity index (χ0) is 18.4. The van der Waals surface area contributed by atoms with E-state index in [1.807, 2.05) is 0 Å². The normalized spacial score (nSPS) is 26.9. The molecule has 27 heavy (non-hydrogen) atoms. The summed E-state index contributed by atoms with van der Waals surface area (Å²) in [5.41, 5.74) is 5.08. The van der Waals surface area contributed by atoms with Crippen LogP contribution in [-0.2, 0) is 36.2 Å². The molecule has 1 saturated heterocycles. The molecule has 142 valence electrons. The molecule has 1 aromatic heterocycles. The van der Waals surface area contributed by atoms with Crippen molar-refractivity contribution in [2.45, 2.75) is 64.6 Å². The van der Waals surface area contributed by atoms with E-state index in [1.165, 1.54) is 35.2 Å². The number of aromatic nitrogens is 2. The molecule has 4 nitrogen and oxygen atoms in total. The van der Waals surface area contributed by atoms with Gasteiger partial charge in [-0.1, -0.05) is 38.1 Å². The molecule has 0 amide bonds. The highest BCUT2D eigenvalue weighted by Crippen LogP contribution is 2.46. The van der Waals surface area contributed by atoms with Crippen molar-refractivity contribution in [1.29, 1.82) is 0 Å². The Labute approximate surface area is 162 Å². The molecule has 0 saturated carbocycles. The number of nitrogens with zero attached hydrogens (tertiary/aromatic N) is 3. The Morgan fingerprint density at radius 2 is 2.15 bits per heavy atom. The maximum Gasteiger partial charge on any atom is 0.138 e. The largest absolute Gasteiger partial charge is 0.365 e. The number of hydrogen-bond donors (Lipinski definition) is 0. The number of aryl methyl sites for hydroxylation is 2. The van der Waals surface area contributed by atoms with E-state index in [4.69, 9.17) is 14.7 Å². The third kappa shape index (κ3) is 2.85. The lowest BCUT2D eigenvalue weighted by molar-refractivity contribution is -0.0729. The van der Waals surface area contributed by atoms with Crippen molar-refractivity contribution in [3.8, 4) is 0 Å². The first-order valence-corrected chi connectivity index (χ1v) is 10.5. The molecule has 1 aromatic carbocycles. The Kier molecular flexibility index (Phi) is 4.19. The predicted octanol–water partition coefficient (Wildman–Crippen LogP) is 4.19. The summed E-state index contributed by atoms with van der Waals surface area (Å²) in [6.45, 7) is 7.34. The minimum Gasteiger partial charge on any atom is -0.365 e. The van der Waals surface area contributed by atoms with Gasteiger partial charge in [-0.15, -0.1) is 0 Å². The van der Waals surface area contributed by atoms with Crippen molar-refractivity contribution >= 4 is 5.82 Å². The number of hydrogen-bond acceptors (Lipinski definition) is 4. The predicted molar refractivity (Wildman–Crippen MR) is 107 cm³/mol. The Morgan fingerprint density at radius 1 is 1.26 bits per heavy atom. The number of piperidine rings is 1. The van der Waals surface area contributed by atoms with E-state index in [0.29, 0.717) is 6.61 Å². The van der Waals surface area contributed by atoms with Gasteiger partial charge in [-0.2, -0.15) is 0 Å². The van der Waals surface area contributed by atoms with Crippen LogP contribution in [0.3, 0.4) is 0 Å². The molecule has 2 aliphatic heterocycles. The summed E-state index contributed by atoms with van der Waals surface area (Å²) in [4.78, 5) is 12.4. The van der Waals surface area contributed by atoms with Crippen molar-refractivity contribution in [3.63, 3.8) is 0 Å². The van der Waals surface area contributed by atoms with Gasteiger partial charge in [-0.3, -0.25) is 0 Å². The first kappa shape index (κ1) is 17.2. The summed E-state index contributed by atoms with van der Waals surface area (Å²) in [5.74, 6) is 2.85. The summed E-state index contributed by atoms with van der Waals surface area (Å²) in [6.07, 6.45) is 6.50. The standard InChI is InChI=1S/C23H29N3O/c1-3-21-24-20-13-23(11-10-17-8-4-5-9-19(17)23)27-15-18(20)22(25-21)26-12-6-7-16(2)14-26/h4-5,8-9,16H,3,6-7,10-15H2,1-2H3/t16?,23-/m1/s1. The number of rotatable bonds is 2. The molecule has 3 heterocycles. The maximum atomic E-state index is 6.60. The zero-order valence-corrected chi connectivity index (χ0v) is 16.5. The molecular formula is C23H29N3O. The van der Waals surface area contributed by atoms with Crippen molar-refractivity contribution in [1.82, 2.24) is 9.97 Å². The number of fused-ring (bicyclic) bond motifs is 3. The smallest absolute Gasteiger partial charge is 0.138 e. The van der Waals surface area contributed by atoms with E-state index in [-0.39, 0.29) is 5.60 Å². The second kappa shape index (κ2) is 6.59. The van der Waals surface area contributed by atoms with Crippen LogP contribution >= 0.6 is 0 Å². The molecule has 0 bridgehead atoms. The van der Waals surface area contributed by atoms with Crippen LogP contribution in [-0.4, -0.2) is 23.1 Å². The van der Waals surface area contributed by atoms with Gasteiger partial charge in [0.2, 0.25) is 0 Å². The minimum absolute atomic E-state index is 0.185. The monoisotopic (exact) mass is 363 g/mol. The fourth-order valence-electron chi connectivity index (χ4n) is 5.18. The van der Waals surface area contributed by atoms with Gasteiger partial charge in [0.25, 0.3) is 0 Å². The lowest BCUT2D eigenvalue weighted by Crippen LogP contribution is -2.39. The third-order valence-electron chi connectivity index (χ3n) is 6.64. The average Bonchev–Trinajstić information content (AvgIpc) is 3.05. The van der Waals surface area contributed by atoms with Crippen molar-refractivity contribution in [3.05, 3.63) is 52.5 Å². The Morgan fingerprint density at radius 3 is 3.00 bits per heavy atom. The van der Waals surface area contributed by atoms with Crippen LogP contribution in [0.1, 0.15) is 61.3 Å². The van der Waals surface area contributed by atoms with Gasteiger partial charge < -0.3 is 9.64 Å². The molecule has 2 aromatic rings. The molecular weight excluding hydrogens is 334 g/mol. The first-order chi connectivity index (χ1) is 13.2. The van der Waals surface area contributed by atoms with E-state index in [2.05, 4.69) is 43.0 Å². The molecule has 0 radical (unpaired) electrons. The van der Waals surface area contributed by atoms with Gasteiger partial charge in [0, 0.05) is 31.5 Å². The van der Waals surface area contributed by atoms with Gasteiger partial charge in [-0.05, 0) is 42.7 Å². The van der Waals surface area contributed by atoms with E-state index in [0.717, 1.165) is 56.3 Å². The van der Waals surface area contributed by atoms with Crippen LogP contribution in [0.4, 0.5) is 5.82 Å². The van der Waals surface area contributed by atoms with Crippen LogP contribution in [0.2, 0.25) is 0 Å². The van der Waals surface area contributed by atoms with E-state index in [9.17, 15) is 0 Å². The topological polar surface area (TPSA) is 38.2 Å². The number of benzene rings is 1. The Hall–Kier alpha value is -1.94. The molecule has 4 heteroatoms. The highest BCUT2D eigenvalue weighted by molar-refractivity contribution is 5.52. The molecule has 2 atom stereocenters. The zero-order valence-electron chi connectivity index (χ0n) is 16.5. The van der Waals surface area contributed by atoms with E-state index < -0.39 is 0 Å². The van der Waals surface area contributed by atoms with Crippen molar-refractivity contribution in [2.75, 3.05) is 18.0 Å². The Balaban J connectivity index is 1.55. The second-order valence-electron chi connectivity index (χ2n) is 8.55. The lowest BCUT2D eigenvalue weighted by Gasteiger charge is -2.39. The van der Waals surface area contributed by atoms with Crippen LogP contribution in [0.25, 0.3) is 0 Å². The second-order valence-corrected chi connectivity index (χ2v) is 8.55. The van der Waals surface area contributed by atoms with Gasteiger partial charge in [0.15, 0.2) is 0 Å². The number of anilines is 1. The van der Waals surface area contributed by atoms with E-state index in [1.54, 1.807) is 0 Å². The summed E-state index contributed by atoms with van der Waals surface area (Å²) in [5, 5.41) is 0. The van der Waals surface area contributed by atoms with Gasteiger partial charge in [0.05, 0.1) is 17.9 Å². The fourth-order valence-corrected chi connectivity index (χ4v) is 5.18. The first-order valence-electron chi connectivity index (χ1n) is 10.5. The molecule has 3 aliphatic rings. The van der Waals surface area contributed by atoms with Crippen molar-refractivity contribution < 1.29 is 4.74 Å². The van der Waals surface area contributed by atoms with Crippen molar-refractivity contribution in [2.24, 2.45) is 5.92 Å². The Bertz CT molecular complexity index is 865.